The number of piperazine rings is 1. The number of nitrogens with zero attached hydrogens (tertiary/aromatic N) is 3. The van der Waals surface area contributed by atoms with Crippen LogP contribution in [0.1, 0.15) is 12.0 Å². The Bertz CT molecular complexity index is 680. The van der Waals surface area contributed by atoms with Crippen LogP contribution in [-0.4, -0.2) is 53.5 Å². The van der Waals surface area contributed by atoms with Gasteiger partial charge in [0.2, 0.25) is 0 Å². The Labute approximate surface area is 137 Å². The Morgan fingerprint density at radius 3 is 2.57 bits per heavy atom. The summed E-state index contributed by atoms with van der Waals surface area (Å²) in [6, 6.07) is 16.1. The average Bonchev–Trinajstić information content (AvgIpc) is 3.12. The largest absolute Gasteiger partial charge is 0.384 e. The van der Waals surface area contributed by atoms with Crippen molar-refractivity contribution in [3.05, 3.63) is 48.0 Å². The van der Waals surface area contributed by atoms with Gasteiger partial charge in [0.1, 0.15) is 5.82 Å². The predicted molar refractivity (Wildman–Crippen MR) is 94.2 cm³/mol. The lowest BCUT2D eigenvalue weighted by molar-refractivity contribution is 0.151. The number of nitrogen functional groups attached to an aromatic ring is 1. The van der Waals surface area contributed by atoms with Gasteiger partial charge in [-0.2, -0.15) is 0 Å². The first kappa shape index (κ1) is 14.7. The first-order valence-electron chi connectivity index (χ1n) is 8.45. The fraction of sp³-hybridized carbons (Fsp3) is 0.421. The van der Waals surface area contributed by atoms with Gasteiger partial charge in [-0.05, 0) is 37.6 Å². The highest BCUT2D eigenvalue weighted by atomic mass is 15.3. The highest BCUT2D eigenvalue weighted by Gasteiger charge is 2.40. The van der Waals surface area contributed by atoms with E-state index in [1.807, 2.05) is 18.2 Å². The Hall–Kier alpha value is -1.91. The third kappa shape index (κ3) is 2.96. The maximum atomic E-state index is 5.76. The van der Waals surface area contributed by atoms with Crippen molar-refractivity contribution in [1.29, 1.82) is 0 Å². The van der Waals surface area contributed by atoms with Crippen LogP contribution in [0.4, 0.5) is 5.82 Å². The zero-order valence-corrected chi connectivity index (χ0v) is 13.7. The number of likely N-dealkylation sites (N-methyl/N-ethyl adjacent to an activating group) is 1. The van der Waals surface area contributed by atoms with Crippen LogP contribution in [0.25, 0.3) is 11.3 Å². The zero-order valence-electron chi connectivity index (χ0n) is 13.7. The third-order valence-corrected chi connectivity index (χ3v) is 5.34. The van der Waals surface area contributed by atoms with Crippen molar-refractivity contribution in [3.63, 3.8) is 0 Å². The van der Waals surface area contributed by atoms with E-state index in [1.54, 1.807) is 0 Å². The molecule has 0 aliphatic carbocycles. The highest BCUT2D eigenvalue weighted by Crippen LogP contribution is 2.29. The van der Waals surface area contributed by atoms with Gasteiger partial charge in [-0.15, -0.1) is 0 Å². The molecule has 2 aliphatic heterocycles. The number of pyridine rings is 1. The van der Waals surface area contributed by atoms with E-state index in [0.717, 1.165) is 29.8 Å². The second kappa shape index (κ2) is 5.95. The quantitative estimate of drug-likeness (QED) is 0.941. The summed E-state index contributed by atoms with van der Waals surface area (Å²) in [6.45, 7) is 3.65. The minimum absolute atomic E-state index is 0.570. The van der Waals surface area contributed by atoms with Crippen LogP contribution in [0.2, 0.25) is 0 Å². The molecule has 2 bridgehead atoms. The Morgan fingerprint density at radius 2 is 1.91 bits per heavy atom. The number of nitrogens with two attached hydrogens (primary N) is 1. The molecular formula is C19H24N4. The van der Waals surface area contributed by atoms with E-state index < -0.39 is 0 Å². The molecule has 4 heteroatoms. The predicted octanol–water partition coefficient (Wildman–Crippen LogP) is 2.26. The van der Waals surface area contributed by atoms with Crippen molar-refractivity contribution >= 4 is 5.82 Å². The molecule has 2 N–H and O–H groups in total. The summed E-state index contributed by atoms with van der Waals surface area (Å²) >= 11 is 0. The molecule has 4 nitrogen and oxygen atoms in total. The van der Waals surface area contributed by atoms with E-state index in [-0.39, 0.29) is 0 Å². The maximum absolute atomic E-state index is 5.76. The lowest BCUT2D eigenvalue weighted by Crippen LogP contribution is -2.45. The van der Waals surface area contributed by atoms with Crippen molar-refractivity contribution < 1.29 is 0 Å². The molecule has 0 amide bonds. The number of fused-ring (bicyclic) bond motifs is 2. The summed E-state index contributed by atoms with van der Waals surface area (Å²) < 4.78 is 0. The lowest BCUT2D eigenvalue weighted by Gasteiger charge is -2.31. The third-order valence-electron chi connectivity index (χ3n) is 5.34. The Balaban J connectivity index is 1.38. The zero-order chi connectivity index (χ0) is 15.8. The van der Waals surface area contributed by atoms with Crippen molar-refractivity contribution in [2.24, 2.45) is 0 Å². The standard InChI is InChI=1S/C19H24N4/c1-22-12-17-11-16(22)13-23(17)10-9-14-5-7-15(8-6-14)18-3-2-4-19(20)21-18/h2-8,16-17H,9-13H2,1H3,(H2,20,21). The smallest absolute Gasteiger partial charge is 0.124 e. The van der Waals surface area contributed by atoms with Gasteiger partial charge < -0.3 is 10.6 Å². The molecule has 120 valence electrons. The summed E-state index contributed by atoms with van der Waals surface area (Å²) in [4.78, 5) is 9.55. The SMILES string of the molecule is CN1CC2CC1CN2CCc1ccc(-c2cccc(N)n2)cc1. The fourth-order valence-electron chi connectivity index (χ4n) is 3.95. The van der Waals surface area contributed by atoms with Crippen LogP contribution in [0, 0.1) is 0 Å². The summed E-state index contributed by atoms with van der Waals surface area (Å²) in [5.74, 6) is 0.570. The molecule has 2 aromatic rings. The lowest BCUT2D eigenvalue weighted by atomic mass is 10.1. The molecule has 2 saturated heterocycles. The number of rotatable bonds is 4. The fourth-order valence-corrected chi connectivity index (χ4v) is 3.95. The number of benzene rings is 1. The maximum Gasteiger partial charge on any atom is 0.124 e. The molecule has 1 aromatic heterocycles. The van der Waals surface area contributed by atoms with Gasteiger partial charge in [-0.25, -0.2) is 4.98 Å². The Morgan fingerprint density at radius 1 is 1.09 bits per heavy atom. The molecule has 2 fully saturated rings. The van der Waals surface area contributed by atoms with Gasteiger partial charge in [0.05, 0.1) is 5.69 Å². The first-order chi connectivity index (χ1) is 11.2. The molecule has 1 aromatic carbocycles. The normalized spacial score (nSPS) is 24.4. The summed E-state index contributed by atoms with van der Waals surface area (Å²) in [5, 5.41) is 0. The molecule has 0 radical (unpaired) electrons. The number of hydrogen-bond acceptors (Lipinski definition) is 4. The van der Waals surface area contributed by atoms with Crippen LogP contribution in [0.5, 0.6) is 0 Å². The molecule has 23 heavy (non-hydrogen) atoms. The molecule has 2 unspecified atom stereocenters. The molecule has 3 heterocycles. The van der Waals surface area contributed by atoms with E-state index in [9.17, 15) is 0 Å². The van der Waals surface area contributed by atoms with Crippen LogP contribution in [-0.2, 0) is 6.42 Å². The van der Waals surface area contributed by atoms with E-state index in [1.165, 1.54) is 31.6 Å². The number of likely N-dealkylation sites (tertiary alicyclic amines) is 2. The first-order valence-corrected chi connectivity index (χ1v) is 8.45. The topological polar surface area (TPSA) is 45.4 Å². The molecular weight excluding hydrogens is 284 g/mol. The summed E-state index contributed by atoms with van der Waals surface area (Å²) in [6.07, 6.45) is 2.48. The minimum atomic E-state index is 0.570. The van der Waals surface area contributed by atoms with Gasteiger partial charge in [0.25, 0.3) is 0 Å². The van der Waals surface area contributed by atoms with Crippen molar-refractivity contribution in [1.82, 2.24) is 14.8 Å². The van der Waals surface area contributed by atoms with Crippen LogP contribution in [0.3, 0.4) is 0 Å². The van der Waals surface area contributed by atoms with Gasteiger partial charge in [0.15, 0.2) is 0 Å². The summed E-state index contributed by atoms with van der Waals surface area (Å²) in [7, 11) is 2.26. The second-order valence-corrected chi connectivity index (χ2v) is 6.87. The average molecular weight is 308 g/mol. The molecule has 4 rings (SSSR count). The molecule has 2 aliphatic rings. The van der Waals surface area contributed by atoms with E-state index in [0.29, 0.717) is 5.82 Å². The van der Waals surface area contributed by atoms with E-state index in [4.69, 9.17) is 5.73 Å². The monoisotopic (exact) mass is 308 g/mol. The van der Waals surface area contributed by atoms with Crippen LogP contribution < -0.4 is 5.73 Å². The molecule has 2 atom stereocenters. The highest BCUT2D eigenvalue weighted by molar-refractivity contribution is 5.61. The van der Waals surface area contributed by atoms with Gasteiger partial charge >= 0.3 is 0 Å². The number of hydrogen-bond donors (Lipinski definition) is 1. The van der Waals surface area contributed by atoms with E-state index >= 15 is 0 Å². The van der Waals surface area contributed by atoms with E-state index in [2.05, 4.69) is 46.1 Å². The molecule has 0 saturated carbocycles. The summed E-state index contributed by atoms with van der Waals surface area (Å²) in [5.41, 5.74) is 9.23. The number of aromatic nitrogens is 1. The second-order valence-electron chi connectivity index (χ2n) is 6.87. The number of anilines is 1. The molecule has 0 spiro atoms. The van der Waals surface area contributed by atoms with Gasteiger partial charge in [0, 0.05) is 37.3 Å². The van der Waals surface area contributed by atoms with Crippen molar-refractivity contribution in [2.75, 3.05) is 32.4 Å². The van der Waals surface area contributed by atoms with Crippen LogP contribution in [0.15, 0.2) is 42.5 Å². The van der Waals surface area contributed by atoms with Crippen molar-refractivity contribution in [3.8, 4) is 11.3 Å². The Kier molecular flexibility index (Phi) is 3.79. The van der Waals surface area contributed by atoms with Crippen LogP contribution >= 0.6 is 0 Å². The van der Waals surface area contributed by atoms with Gasteiger partial charge in [-0.1, -0.05) is 30.3 Å². The minimum Gasteiger partial charge on any atom is -0.384 e. The van der Waals surface area contributed by atoms with Crippen molar-refractivity contribution in [2.45, 2.75) is 24.9 Å². The van der Waals surface area contributed by atoms with Gasteiger partial charge in [-0.3, -0.25) is 4.90 Å².